The largest absolute Gasteiger partial charge is 0.322 e. The number of benzene rings is 2. The SMILES string of the molecule is CNCc1ccc(NC(=O)c2cccc(F)c2)cc1. The normalized spacial score (nSPS) is 10.2. The van der Waals surface area contributed by atoms with E-state index in [1.165, 1.54) is 18.2 Å². The van der Waals surface area contributed by atoms with Gasteiger partial charge in [-0.25, -0.2) is 4.39 Å². The van der Waals surface area contributed by atoms with Crippen LogP contribution < -0.4 is 10.6 Å². The van der Waals surface area contributed by atoms with Crippen molar-refractivity contribution in [3.05, 3.63) is 65.5 Å². The van der Waals surface area contributed by atoms with Crippen LogP contribution in [-0.4, -0.2) is 13.0 Å². The lowest BCUT2D eigenvalue weighted by molar-refractivity contribution is 0.102. The molecular weight excluding hydrogens is 243 g/mol. The topological polar surface area (TPSA) is 41.1 Å². The standard InChI is InChI=1S/C15H15FN2O/c1-17-10-11-5-7-14(8-6-11)18-15(19)12-3-2-4-13(16)9-12/h2-9,17H,10H2,1H3,(H,18,19). The first-order chi connectivity index (χ1) is 9.19. The third-order valence-corrected chi connectivity index (χ3v) is 2.68. The Balaban J connectivity index is 2.06. The van der Waals surface area contributed by atoms with E-state index in [2.05, 4.69) is 10.6 Å². The molecule has 0 radical (unpaired) electrons. The first kappa shape index (κ1) is 13.2. The second-order valence-corrected chi connectivity index (χ2v) is 4.19. The Morgan fingerprint density at radius 2 is 1.89 bits per heavy atom. The molecule has 98 valence electrons. The molecule has 0 bridgehead atoms. The van der Waals surface area contributed by atoms with Crippen LogP contribution >= 0.6 is 0 Å². The molecule has 0 heterocycles. The van der Waals surface area contributed by atoms with Crippen LogP contribution in [0.2, 0.25) is 0 Å². The average Bonchev–Trinajstić information content (AvgIpc) is 2.41. The number of carbonyl (C=O) groups is 1. The molecule has 0 aliphatic carbocycles. The quantitative estimate of drug-likeness (QED) is 0.885. The lowest BCUT2D eigenvalue weighted by Gasteiger charge is -2.06. The van der Waals surface area contributed by atoms with Crippen molar-refractivity contribution >= 4 is 11.6 Å². The summed E-state index contributed by atoms with van der Waals surface area (Å²) in [5, 5.41) is 5.78. The highest BCUT2D eigenvalue weighted by Gasteiger charge is 2.06. The minimum atomic E-state index is -0.419. The van der Waals surface area contributed by atoms with Crippen molar-refractivity contribution in [3.63, 3.8) is 0 Å². The summed E-state index contributed by atoms with van der Waals surface area (Å²) in [6, 6.07) is 13.1. The molecule has 0 fully saturated rings. The Morgan fingerprint density at radius 1 is 1.16 bits per heavy atom. The van der Waals surface area contributed by atoms with Crippen molar-refractivity contribution in [2.45, 2.75) is 6.54 Å². The van der Waals surface area contributed by atoms with Crippen molar-refractivity contribution in [2.24, 2.45) is 0 Å². The number of halogens is 1. The molecule has 0 saturated carbocycles. The maximum absolute atomic E-state index is 13.0. The van der Waals surface area contributed by atoms with Crippen molar-refractivity contribution in [3.8, 4) is 0 Å². The fraction of sp³-hybridized carbons (Fsp3) is 0.133. The molecule has 2 aromatic carbocycles. The van der Waals surface area contributed by atoms with Gasteiger partial charge < -0.3 is 10.6 Å². The van der Waals surface area contributed by atoms with Crippen molar-refractivity contribution in [1.82, 2.24) is 5.32 Å². The Labute approximate surface area is 111 Å². The zero-order valence-corrected chi connectivity index (χ0v) is 10.6. The van der Waals surface area contributed by atoms with Gasteiger partial charge in [0, 0.05) is 17.8 Å². The Morgan fingerprint density at radius 3 is 2.53 bits per heavy atom. The Hall–Kier alpha value is -2.20. The molecule has 0 aromatic heterocycles. The average molecular weight is 258 g/mol. The highest BCUT2D eigenvalue weighted by atomic mass is 19.1. The first-order valence-electron chi connectivity index (χ1n) is 5.99. The van der Waals surface area contributed by atoms with Crippen LogP contribution in [0.25, 0.3) is 0 Å². The lowest BCUT2D eigenvalue weighted by Crippen LogP contribution is -2.12. The first-order valence-corrected chi connectivity index (χ1v) is 5.99. The Kier molecular flexibility index (Phi) is 4.26. The number of amides is 1. The van der Waals surface area contributed by atoms with Gasteiger partial charge in [0.25, 0.3) is 5.91 Å². The Bertz CT molecular complexity index is 567. The zero-order valence-electron chi connectivity index (χ0n) is 10.6. The number of carbonyl (C=O) groups excluding carboxylic acids is 1. The predicted molar refractivity (Wildman–Crippen MR) is 73.6 cm³/mol. The van der Waals surface area contributed by atoms with Gasteiger partial charge in [-0.3, -0.25) is 4.79 Å². The predicted octanol–water partition coefficient (Wildman–Crippen LogP) is 2.80. The third kappa shape index (κ3) is 3.63. The molecule has 0 saturated heterocycles. The fourth-order valence-corrected chi connectivity index (χ4v) is 1.74. The van der Waals surface area contributed by atoms with Gasteiger partial charge in [-0.1, -0.05) is 18.2 Å². The second kappa shape index (κ2) is 6.11. The van der Waals surface area contributed by atoms with Crippen molar-refractivity contribution < 1.29 is 9.18 Å². The molecule has 0 atom stereocenters. The van der Waals surface area contributed by atoms with Gasteiger partial charge in [-0.2, -0.15) is 0 Å². The molecule has 2 rings (SSSR count). The van der Waals surface area contributed by atoms with E-state index in [0.29, 0.717) is 11.3 Å². The van der Waals surface area contributed by atoms with Crippen LogP contribution in [0.3, 0.4) is 0 Å². The van der Waals surface area contributed by atoms with Crippen molar-refractivity contribution in [1.29, 1.82) is 0 Å². The minimum Gasteiger partial charge on any atom is -0.322 e. The molecule has 3 nitrogen and oxygen atoms in total. The second-order valence-electron chi connectivity index (χ2n) is 4.19. The maximum atomic E-state index is 13.0. The van der Waals surface area contributed by atoms with E-state index in [1.54, 1.807) is 6.07 Å². The molecule has 1 amide bonds. The minimum absolute atomic E-state index is 0.305. The molecule has 0 spiro atoms. The van der Waals surface area contributed by atoms with Gasteiger partial charge >= 0.3 is 0 Å². The number of nitrogens with one attached hydrogen (secondary N) is 2. The van der Waals surface area contributed by atoms with Gasteiger partial charge in [0.1, 0.15) is 5.82 Å². The van der Waals surface area contributed by atoms with E-state index in [9.17, 15) is 9.18 Å². The molecule has 2 aromatic rings. The van der Waals surface area contributed by atoms with Crippen LogP contribution in [0.15, 0.2) is 48.5 Å². The highest BCUT2D eigenvalue weighted by molar-refractivity contribution is 6.04. The molecule has 0 unspecified atom stereocenters. The fourth-order valence-electron chi connectivity index (χ4n) is 1.74. The number of hydrogen-bond donors (Lipinski definition) is 2. The smallest absolute Gasteiger partial charge is 0.255 e. The lowest BCUT2D eigenvalue weighted by atomic mass is 10.2. The van der Waals surface area contributed by atoms with Crippen LogP contribution in [0.1, 0.15) is 15.9 Å². The summed E-state index contributed by atoms with van der Waals surface area (Å²) in [6.45, 7) is 0.776. The summed E-state index contributed by atoms with van der Waals surface area (Å²) in [6.07, 6.45) is 0. The third-order valence-electron chi connectivity index (χ3n) is 2.68. The summed E-state index contributed by atoms with van der Waals surface area (Å²) in [5.41, 5.74) is 2.12. The summed E-state index contributed by atoms with van der Waals surface area (Å²) < 4.78 is 13.0. The number of anilines is 1. The van der Waals surface area contributed by atoms with E-state index in [4.69, 9.17) is 0 Å². The molecule has 2 N–H and O–H groups in total. The van der Waals surface area contributed by atoms with E-state index in [1.807, 2.05) is 31.3 Å². The highest BCUT2D eigenvalue weighted by Crippen LogP contribution is 2.12. The van der Waals surface area contributed by atoms with Gasteiger partial charge in [-0.05, 0) is 42.9 Å². The summed E-state index contributed by atoms with van der Waals surface area (Å²) in [7, 11) is 1.87. The molecule has 19 heavy (non-hydrogen) atoms. The molecule has 0 aliphatic heterocycles. The van der Waals surface area contributed by atoms with Gasteiger partial charge in [-0.15, -0.1) is 0 Å². The van der Waals surface area contributed by atoms with E-state index in [0.717, 1.165) is 12.1 Å². The van der Waals surface area contributed by atoms with Crippen LogP contribution in [0.4, 0.5) is 10.1 Å². The van der Waals surface area contributed by atoms with E-state index < -0.39 is 5.82 Å². The van der Waals surface area contributed by atoms with Crippen LogP contribution in [0.5, 0.6) is 0 Å². The summed E-state index contributed by atoms with van der Waals surface area (Å²) >= 11 is 0. The van der Waals surface area contributed by atoms with Gasteiger partial charge in [0.15, 0.2) is 0 Å². The number of hydrogen-bond acceptors (Lipinski definition) is 2. The van der Waals surface area contributed by atoms with Gasteiger partial charge in [0.05, 0.1) is 0 Å². The molecule has 0 aliphatic rings. The monoisotopic (exact) mass is 258 g/mol. The number of rotatable bonds is 4. The zero-order chi connectivity index (χ0) is 13.7. The molecular formula is C15H15FN2O. The summed E-state index contributed by atoms with van der Waals surface area (Å²) in [4.78, 5) is 11.9. The van der Waals surface area contributed by atoms with Gasteiger partial charge in [0.2, 0.25) is 0 Å². The maximum Gasteiger partial charge on any atom is 0.255 e. The van der Waals surface area contributed by atoms with Crippen LogP contribution in [0, 0.1) is 5.82 Å². The molecule has 4 heteroatoms. The van der Waals surface area contributed by atoms with E-state index in [-0.39, 0.29) is 5.91 Å². The summed E-state index contributed by atoms with van der Waals surface area (Å²) in [5.74, 6) is -0.738. The van der Waals surface area contributed by atoms with Crippen LogP contribution in [-0.2, 0) is 6.54 Å². The van der Waals surface area contributed by atoms with Crippen molar-refractivity contribution in [2.75, 3.05) is 12.4 Å². The van der Waals surface area contributed by atoms with E-state index >= 15 is 0 Å².